The van der Waals surface area contributed by atoms with Gasteiger partial charge in [-0.2, -0.15) is 0 Å². The van der Waals surface area contributed by atoms with Crippen molar-refractivity contribution in [2.24, 2.45) is 23.2 Å². The van der Waals surface area contributed by atoms with Crippen LogP contribution in [0.3, 0.4) is 0 Å². The zero-order valence-electron chi connectivity index (χ0n) is 16.1. The van der Waals surface area contributed by atoms with Gasteiger partial charge in [-0.3, -0.25) is 0 Å². The highest BCUT2D eigenvalue weighted by atomic mass is 15.4. The first kappa shape index (κ1) is 16.1. The SMILES string of the molecule is Cc1cc(C)c(N2C=CN([C@H]3C[C@H]4C[C@@H]([C@@H]3C)C4(C)C)C2)c(C)c1. The molecule has 0 unspecified atom stereocenters. The number of rotatable bonds is 2. The van der Waals surface area contributed by atoms with Gasteiger partial charge in [-0.15, -0.1) is 0 Å². The van der Waals surface area contributed by atoms with Gasteiger partial charge in [0.1, 0.15) is 0 Å². The topological polar surface area (TPSA) is 6.48 Å². The number of aryl methyl sites for hydroxylation is 3. The van der Waals surface area contributed by atoms with Gasteiger partial charge in [-0.05, 0) is 67.9 Å². The van der Waals surface area contributed by atoms with E-state index in [1.165, 1.54) is 35.2 Å². The summed E-state index contributed by atoms with van der Waals surface area (Å²) in [6.07, 6.45) is 7.47. The Morgan fingerprint density at radius 1 is 1.00 bits per heavy atom. The lowest BCUT2D eigenvalue weighted by atomic mass is 9.44. The van der Waals surface area contributed by atoms with Crippen LogP contribution in [0.25, 0.3) is 0 Å². The lowest BCUT2D eigenvalue weighted by molar-refractivity contribution is -0.131. The largest absolute Gasteiger partial charge is 0.355 e. The zero-order valence-corrected chi connectivity index (χ0v) is 16.1. The molecular weight excluding hydrogens is 292 g/mol. The molecule has 2 heteroatoms. The lowest BCUT2D eigenvalue weighted by Crippen LogP contribution is -2.60. The van der Waals surface area contributed by atoms with Gasteiger partial charge < -0.3 is 9.80 Å². The molecule has 3 saturated carbocycles. The van der Waals surface area contributed by atoms with Gasteiger partial charge in [0.15, 0.2) is 0 Å². The molecule has 3 aliphatic carbocycles. The first-order valence-corrected chi connectivity index (χ1v) is 9.57. The third kappa shape index (κ3) is 2.22. The van der Waals surface area contributed by atoms with Gasteiger partial charge in [0.2, 0.25) is 0 Å². The van der Waals surface area contributed by atoms with Gasteiger partial charge in [-0.25, -0.2) is 0 Å². The summed E-state index contributed by atoms with van der Waals surface area (Å²) in [4.78, 5) is 5.06. The fourth-order valence-corrected chi connectivity index (χ4v) is 5.98. The van der Waals surface area contributed by atoms with Crippen molar-refractivity contribution < 1.29 is 0 Å². The molecule has 0 spiro atoms. The van der Waals surface area contributed by atoms with Crippen LogP contribution in [0.1, 0.15) is 50.3 Å². The van der Waals surface area contributed by atoms with Crippen LogP contribution in [0, 0.1) is 43.9 Å². The normalized spacial score (nSPS) is 33.8. The van der Waals surface area contributed by atoms with E-state index >= 15 is 0 Å². The van der Waals surface area contributed by atoms with Crippen molar-refractivity contribution in [2.45, 2.75) is 60.4 Å². The summed E-state index contributed by atoms with van der Waals surface area (Å²) in [5.74, 6) is 2.63. The third-order valence-electron chi connectivity index (χ3n) is 7.42. The van der Waals surface area contributed by atoms with E-state index in [0.717, 1.165) is 24.4 Å². The summed E-state index contributed by atoms with van der Waals surface area (Å²) in [7, 11) is 0. The molecule has 0 aromatic heterocycles. The van der Waals surface area contributed by atoms with Crippen LogP contribution < -0.4 is 4.90 Å². The number of nitrogens with zero attached hydrogens (tertiary/aromatic N) is 2. The van der Waals surface area contributed by atoms with Crippen molar-refractivity contribution >= 4 is 5.69 Å². The molecule has 2 bridgehead atoms. The van der Waals surface area contributed by atoms with E-state index in [2.05, 4.69) is 75.9 Å². The van der Waals surface area contributed by atoms with Gasteiger partial charge in [0, 0.05) is 24.1 Å². The van der Waals surface area contributed by atoms with Crippen LogP contribution in [-0.2, 0) is 0 Å². The van der Waals surface area contributed by atoms with E-state index < -0.39 is 0 Å². The van der Waals surface area contributed by atoms with E-state index in [0.29, 0.717) is 11.5 Å². The molecule has 24 heavy (non-hydrogen) atoms. The van der Waals surface area contributed by atoms with Gasteiger partial charge in [0.25, 0.3) is 0 Å². The number of hydrogen-bond acceptors (Lipinski definition) is 2. The van der Waals surface area contributed by atoms with Gasteiger partial charge >= 0.3 is 0 Å². The molecule has 4 atom stereocenters. The quantitative estimate of drug-likeness (QED) is 0.734. The molecule has 0 amide bonds. The molecule has 130 valence electrons. The third-order valence-corrected chi connectivity index (χ3v) is 7.42. The first-order chi connectivity index (χ1) is 11.3. The summed E-state index contributed by atoms with van der Waals surface area (Å²) in [6.45, 7) is 15.2. The van der Waals surface area contributed by atoms with E-state index in [1.807, 2.05) is 0 Å². The number of benzene rings is 1. The molecule has 0 N–H and O–H groups in total. The monoisotopic (exact) mass is 324 g/mol. The molecule has 5 rings (SSSR count). The average Bonchev–Trinajstić information content (AvgIpc) is 2.95. The van der Waals surface area contributed by atoms with Crippen molar-refractivity contribution in [3.05, 3.63) is 41.2 Å². The Hall–Kier alpha value is -1.44. The zero-order chi connectivity index (χ0) is 17.2. The summed E-state index contributed by atoms with van der Waals surface area (Å²) < 4.78 is 0. The smallest absolute Gasteiger partial charge is 0.0945 e. The van der Waals surface area contributed by atoms with E-state index in [-0.39, 0.29) is 0 Å². The number of fused-ring (bicyclic) bond motifs is 2. The molecule has 3 fully saturated rings. The summed E-state index contributed by atoms with van der Waals surface area (Å²) in [5, 5.41) is 0. The average molecular weight is 325 g/mol. The molecule has 4 aliphatic rings. The van der Waals surface area contributed by atoms with Crippen molar-refractivity contribution in [2.75, 3.05) is 11.6 Å². The fourth-order valence-electron chi connectivity index (χ4n) is 5.98. The minimum Gasteiger partial charge on any atom is -0.355 e. The fraction of sp³-hybridized carbons (Fsp3) is 0.636. The molecule has 2 nitrogen and oxygen atoms in total. The summed E-state index contributed by atoms with van der Waals surface area (Å²) >= 11 is 0. The van der Waals surface area contributed by atoms with E-state index in [1.54, 1.807) is 0 Å². The minimum absolute atomic E-state index is 0.573. The maximum atomic E-state index is 2.61. The predicted octanol–water partition coefficient (Wildman–Crippen LogP) is 5.23. The van der Waals surface area contributed by atoms with Gasteiger partial charge in [0.05, 0.1) is 6.67 Å². The molecule has 1 aromatic rings. The maximum Gasteiger partial charge on any atom is 0.0945 e. The van der Waals surface area contributed by atoms with Crippen LogP contribution in [0.5, 0.6) is 0 Å². The van der Waals surface area contributed by atoms with Crippen molar-refractivity contribution in [1.29, 1.82) is 0 Å². The highest BCUT2D eigenvalue weighted by Crippen LogP contribution is 2.62. The second-order valence-electron chi connectivity index (χ2n) is 9.19. The van der Waals surface area contributed by atoms with Gasteiger partial charge in [-0.1, -0.05) is 38.5 Å². The predicted molar refractivity (Wildman–Crippen MR) is 102 cm³/mol. The Morgan fingerprint density at radius 2 is 1.67 bits per heavy atom. The Bertz CT molecular complexity index is 664. The molecule has 0 radical (unpaired) electrons. The molecule has 1 aromatic carbocycles. The van der Waals surface area contributed by atoms with Crippen LogP contribution in [-0.4, -0.2) is 17.6 Å². The Kier molecular flexibility index (Phi) is 3.53. The summed E-state index contributed by atoms with van der Waals surface area (Å²) in [5.41, 5.74) is 6.10. The Labute approximate surface area is 147 Å². The first-order valence-electron chi connectivity index (χ1n) is 9.57. The Morgan fingerprint density at radius 3 is 2.25 bits per heavy atom. The van der Waals surface area contributed by atoms with Crippen molar-refractivity contribution in [1.82, 2.24) is 4.90 Å². The standard InChI is InChI=1S/C22H32N2/c1-14-9-15(2)21(16(3)10-14)24-8-7-23(13-24)20-12-18-11-19(17(20)4)22(18,5)6/h7-10,17-20H,11-13H2,1-6H3/t17-,18+,19-,20-/m0/s1. The lowest BCUT2D eigenvalue weighted by Gasteiger charge is -2.63. The maximum absolute atomic E-state index is 2.61. The highest BCUT2D eigenvalue weighted by Gasteiger charge is 2.57. The number of hydrogen-bond donors (Lipinski definition) is 0. The van der Waals surface area contributed by atoms with Crippen LogP contribution in [0.15, 0.2) is 24.5 Å². The van der Waals surface area contributed by atoms with E-state index in [9.17, 15) is 0 Å². The minimum atomic E-state index is 0.573. The second-order valence-corrected chi connectivity index (χ2v) is 9.19. The summed E-state index contributed by atoms with van der Waals surface area (Å²) in [6, 6.07) is 5.33. The molecule has 1 heterocycles. The van der Waals surface area contributed by atoms with Crippen LogP contribution >= 0.6 is 0 Å². The van der Waals surface area contributed by atoms with Crippen molar-refractivity contribution in [3.63, 3.8) is 0 Å². The Balaban J connectivity index is 1.52. The van der Waals surface area contributed by atoms with Crippen LogP contribution in [0.4, 0.5) is 5.69 Å². The molecule has 1 aliphatic heterocycles. The van der Waals surface area contributed by atoms with Crippen LogP contribution in [0.2, 0.25) is 0 Å². The highest BCUT2D eigenvalue weighted by molar-refractivity contribution is 5.62. The number of anilines is 1. The second kappa shape index (κ2) is 5.28. The van der Waals surface area contributed by atoms with E-state index in [4.69, 9.17) is 0 Å². The van der Waals surface area contributed by atoms with Crippen molar-refractivity contribution in [3.8, 4) is 0 Å². The molecule has 0 saturated heterocycles. The molecular formula is C22H32N2.